The Balaban J connectivity index is 2.08. The summed E-state index contributed by atoms with van der Waals surface area (Å²) >= 11 is 1.06. The highest BCUT2D eigenvalue weighted by Crippen LogP contribution is 2.12. The largest absolute Gasteiger partial charge is 0.331 e. The molecular formula is C8H9N3O2S. The summed E-state index contributed by atoms with van der Waals surface area (Å²) in [6.07, 6.45) is 2.79. The molecule has 0 saturated carbocycles. The van der Waals surface area contributed by atoms with Crippen LogP contribution in [0.3, 0.4) is 0 Å². The smallest absolute Gasteiger partial charge is 0.267 e. The van der Waals surface area contributed by atoms with E-state index in [1.807, 2.05) is 0 Å². The molecule has 1 amide bonds. The van der Waals surface area contributed by atoms with Crippen LogP contribution >= 0.6 is 11.5 Å². The Hall–Kier alpha value is -1.30. The molecular weight excluding hydrogens is 202 g/mol. The van der Waals surface area contributed by atoms with Crippen LogP contribution in [-0.2, 0) is 4.79 Å². The molecule has 14 heavy (non-hydrogen) atoms. The lowest BCUT2D eigenvalue weighted by Crippen LogP contribution is -2.39. The van der Waals surface area contributed by atoms with Crippen LogP contribution in [0.5, 0.6) is 0 Å². The van der Waals surface area contributed by atoms with Crippen molar-refractivity contribution in [3.05, 3.63) is 11.1 Å². The van der Waals surface area contributed by atoms with Crippen molar-refractivity contribution in [1.82, 2.24) is 14.5 Å². The topological polar surface area (TPSA) is 63.2 Å². The van der Waals surface area contributed by atoms with Crippen molar-refractivity contribution in [2.75, 3.05) is 13.1 Å². The summed E-state index contributed by atoms with van der Waals surface area (Å²) in [5.74, 6) is -0.00451. The Morgan fingerprint density at radius 2 is 2.43 bits per heavy atom. The number of rotatable bonds is 1. The van der Waals surface area contributed by atoms with Gasteiger partial charge >= 0.3 is 0 Å². The van der Waals surface area contributed by atoms with E-state index in [0.717, 1.165) is 18.0 Å². The Kier molecular flexibility index (Phi) is 2.53. The van der Waals surface area contributed by atoms with E-state index in [0.29, 0.717) is 17.8 Å². The standard InChI is InChI=1S/C8H9N3O2S/c12-6-2-1-3-11(5-6)8(13)7-4-9-10-14-7/h4H,1-3,5H2. The molecule has 6 heteroatoms. The monoisotopic (exact) mass is 211 g/mol. The highest BCUT2D eigenvalue weighted by atomic mass is 32.1. The van der Waals surface area contributed by atoms with Gasteiger partial charge in [-0.15, -0.1) is 5.10 Å². The highest BCUT2D eigenvalue weighted by molar-refractivity contribution is 7.07. The van der Waals surface area contributed by atoms with E-state index < -0.39 is 0 Å². The van der Waals surface area contributed by atoms with Gasteiger partial charge in [0.1, 0.15) is 4.88 Å². The summed E-state index contributed by atoms with van der Waals surface area (Å²) in [4.78, 5) is 24.9. The average molecular weight is 211 g/mol. The Morgan fingerprint density at radius 3 is 3.07 bits per heavy atom. The van der Waals surface area contributed by atoms with E-state index in [4.69, 9.17) is 0 Å². The summed E-state index contributed by atoms with van der Waals surface area (Å²) in [6, 6.07) is 0. The number of carbonyl (C=O) groups excluding carboxylic acids is 2. The van der Waals surface area contributed by atoms with Gasteiger partial charge < -0.3 is 4.90 Å². The molecule has 74 valence electrons. The number of piperidine rings is 1. The fourth-order valence-electron chi connectivity index (χ4n) is 1.43. The molecule has 1 aliphatic rings. The molecule has 0 spiro atoms. The van der Waals surface area contributed by atoms with Crippen LogP contribution in [0.4, 0.5) is 0 Å². The van der Waals surface area contributed by atoms with Crippen LogP contribution < -0.4 is 0 Å². The number of nitrogens with zero attached hydrogens (tertiary/aromatic N) is 3. The minimum Gasteiger partial charge on any atom is -0.331 e. The molecule has 0 aromatic carbocycles. The van der Waals surface area contributed by atoms with E-state index in [2.05, 4.69) is 9.59 Å². The van der Waals surface area contributed by atoms with Crippen molar-refractivity contribution in [1.29, 1.82) is 0 Å². The molecule has 1 aromatic heterocycles. The van der Waals surface area contributed by atoms with E-state index in [9.17, 15) is 9.59 Å². The van der Waals surface area contributed by atoms with Crippen molar-refractivity contribution in [2.24, 2.45) is 0 Å². The third-order valence-corrected chi connectivity index (χ3v) is 2.76. The zero-order chi connectivity index (χ0) is 9.97. The molecule has 2 rings (SSSR count). The number of amides is 1. The fourth-order valence-corrected chi connectivity index (χ4v) is 1.91. The zero-order valence-corrected chi connectivity index (χ0v) is 8.29. The minimum absolute atomic E-state index is 0.127. The Bertz CT molecular complexity index is 349. The summed E-state index contributed by atoms with van der Waals surface area (Å²) < 4.78 is 3.62. The minimum atomic E-state index is -0.131. The second-order valence-electron chi connectivity index (χ2n) is 3.15. The van der Waals surface area contributed by atoms with Gasteiger partial charge in [0.2, 0.25) is 0 Å². The van der Waals surface area contributed by atoms with Gasteiger partial charge in [-0.3, -0.25) is 9.59 Å². The van der Waals surface area contributed by atoms with Crippen LogP contribution in [0.2, 0.25) is 0 Å². The maximum absolute atomic E-state index is 11.7. The van der Waals surface area contributed by atoms with Gasteiger partial charge in [-0.2, -0.15) is 0 Å². The number of likely N-dealkylation sites (tertiary alicyclic amines) is 1. The molecule has 5 nitrogen and oxygen atoms in total. The number of hydrogen-bond donors (Lipinski definition) is 0. The second-order valence-corrected chi connectivity index (χ2v) is 3.94. The predicted octanol–water partition coefficient (Wildman–Crippen LogP) is 0.343. The summed E-state index contributed by atoms with van der Waals surface area (Å²) in [5, 5.41) is 3.59. The van der Waals surface area contributed by atoms with Crippen molar-refractivity contribution in [2.45, 2.75) is 12.8 Å². The molecule has 1 aromatic rings. The predicted molar refractivity (Wildman–Crippen MR) is 50.1 cm³/mol. The van der Waals surface area contributed by atoms with Gasteiger partial charge in [0.05, 0.1) is 12.7 Å². The first-order valence-corrected chi connectivity index (χ1v) is 5.13. The number of hydrogen-bond acceptors (Lipinski definition) is 5. The molecule has 1 saturated heterocycles. The quantitative estimate of drug-likeness (QED) is 0.672. The summed E-state index contributed by atoms with van der Waals surface area (Å²) in [5.41, 5.74) is 0. The van der Waals surface area contributed by atoms with Gasteiger partial charge in [0.15, 0.2) is 5.78 Å². The van der Waals surface area contributed by atoms with Crippen LogP contribution in [-0.4, -0.2) is 39.3 Å². The molecule has 0 unspecified atom stereocenters. The van der Waals surface area contributed by atoms with E-state index in [1.54, 1.807) is 4.90 Å². The normalized spacial score (nSPS) is 17.1. The van der Waals surface area contributed by atoms with E-state index in [-0.39, 0.29) is 18.2 Å². The maximum atomic E-state index is 11.7. The van der Waals surface area contributed by atoms with Crippen LogP contribution in [0.25, 0.3) is 0 Å². The molecule has 2 heterocycles. The molecule has 1 fully saturated rings. The maximum Gasteiger partial charge on any atom is 0.267 e. The van der Waals surface area contributed by atoms with Crippen LogP contribution in [0.15, 0.2) is 6.20 Å². The van der Waals surface area contributed by atoms with Crippen molar-refractivity contribution < 1.29 is 9.59 Å². The molecule has 0 aliphatic carbocycles. The third kappa shape index (κ3) is 1.79. The SMILES string of the molecule is O=C1CCCN(C(=O)c2cnns2)C1. The van der Waals surface area contributed by atoms with Gasteiger partial charge in [0, 0.05) is 13.0 Å². The number of aromatic nitrogens is 2. The Labute approximate surface area is 84.9 Å². The fraction of sp³-hybridized carbons (Fsp3) is 0.500. The number of Topliss-reactive ketones (excluding diaryl/α,β-unsaturated/α-hetero) is 1. The molecule has 0 radical (unpaired) electrons. The number of carbonyl (C=O) groups is 2. The van der Waals surface area contributed by atoms with Gasteiger partial charge in [-0.25, -0.2) is 0 Å². The molecule has 1 aliphatic heterocycles. The van der Waals surface area contributed by atoms with Crippen molar-refractivity contribution in [3.8, 4) is 0 Å². The van der Waals surface area contributed by atoms with E-state index >= 15 is 0 Å². The summed E-state index contributed by atoms with van der Waals surface area (Å²) in [6.45, 7) is 0.888. The van der Waals surface area contributed by atoms with Gasteiger partial charge in [-0.05, 0) is 18.0 Å². The lowest BCUT2D eigenvalue weighted by Gasteiger charge is -2.24. The molecule has 0 N–H and O–H groups in total. The van der Waals surface area contributed by atoms with Crippen molar-refractivity contribution in [3.63, 3.8) is 0 Å². The first-order chi connectivity index (χ1) is 6.77. The summed E-state index contributed by atoms with van der Waals surface area (Å²) in [7, 11) is 0. The molecule has 0 bridgehead atoms. The average Bonchev–Trinajstić information content (AvgIpc) is 2.69. The Morgan fingerprint density at radius 1 is 1.57 bits per heavy atom. The second kappa shape index (κ2) is 3.83. The first kappa shape index (κ1) is 9.26. The van der Waals surface area contributed by atoms with Crippen molar-refractivity contribution >= 4 is 23.2 Å². The highest BCUT2D eigenvalue weighted by Gasteiger charge is 2.23. The van der Waals surface area contributed by atoms with Crippen LogP contribution in [0, 0.1) is 0 Å². The van der Waals surface area contributed by atoms with Gasteiger partial charge in [0.25, 0.3) is 5.91 Å². The number of ketones is 1. The van der Waals surface area contributed by atoms with E-state index in [1.165, 1.54) is 6.20 Å². The van der Waals surface area contributed by atoms with Gasteiger partial charge in [-0.1, -0.05) is 4.49 Å². The van der Waals surface area contributed by atoms with Crippen LogP contribution in [0.1, 0.15) is 22.5 Å². The first-order valence-electron chi connectivity index (χ1n) is 4.35. The lowest BCUT2D eigenvalue weighted by molar-refractivity contribution is -0.121. The zero-order valence-electron chi connectivity index (χ0n) is 7.47. The molecule has 0 atom stereocenters. The third-order valence-electron chi connectivity index (χ3n) is 2.11. The lowest BCUT2D eigenvalue weighted by atomic mass is 10.1.